The van der Waals surface area contributed by atoms with Crippen molar-refractivity contribution in [2.24, 2.45) is 0 Å². The fourth-order valence-corrected chi connectivity index (χ4v) is 2.45. The third-order valence-corrected chi connectivity index (χ3v) is 3.99. The van der Waals surface area contributed by atoms with Gasteiger partial charge in [0.1, 0.15) is 5.82 Å². The highest BCUT2D eigenvalue weighted by Gasteiger charge is 2.16. The lowest BCUT2D eigenvalue weighted by atomic mass is 10.1. The van der Waals surface area contributed by atoms with Crippen LogP contribution in [-0.2, 0) is 6.61 Å². The molecule has 0 spiro atoms. The largest absolute Gasteiger partial charge is 0.392 e. The van der Waals surface area contributed by atoms with Crippen LogP contribution in [0.15, 0.2) is 36.4 Å². The summed E-state index contributed by atoms with van der Waals surface area (Å²) >= 11 is 6.25. The predicted octanol–water partition coefficient (Wildman–Crippen LogP) is 3.73. The average Bonchev–Trinajstić information content (AvgIpc) is 2.46. The minimum atomic E-state index is 0.0168. The highest BCUT2D eigenvalue weighted by atomic mass is 35.5. The van der Waals surface area contributed by atoms with Crippen molar-refractivity contribution in [3.05, 3.63) is 58.2 Å². The number of aliphatic hydroxyl groups is 1. The van der Waals surface area contributed by atoms with Crippen molar-refractivity contribution in [3.63, 3.8) is 0 Å². The maximum atomic E-state index is 9.20. The first-order valence-electron chi connectivity index (χ1n) is 6.59. The molecule has 0 saturated carbocycles. The number of pyridine rings is 1. The number of aromatic nitrogens is 1. The Morgan fingerprint density at radius 2 is 1.95 bits per heavy atom. The molecule has 1 unspecified atom stereocenters. The van der Waals surface area contributed by atoms with Crippen LogP contribution in [0.25, 0.3) is 0 Å². The molecule has 106 valence electrons. The molecule has 0 aliphatic heterocycles. The van der Waals surface area contributed by atoms with E-state index in [4.69, 9.17) is 11.6 Å². The smallest absolute Gasteiger partial charge is 0.129 e. The van der Waals surface area contributed by atoms with Crippen molar-refractivity contribution < 1.29 is 5.11 Å². The number of hydrogen-bond donors (Lipinski definition) is 1. The molecule has 0 fully saturated rings. The van der Waals surface area contributed by atoms with Crippen LogP contribution in [0.4, 0.5) is 5.82 Å². The zero-order valence-electron chi connectivity index (χ0n) is 12.0. The number of aryl methyl sites for hydroxylation is 1. The van der Waals surface area contributed by atoms with Gasteiger partial charge in [-0.1, -0.05) is 35.9 Å². The molecule has 3 nitrogen and oxygen atoms in total. The molecular formula is C16H19ClN2O. The lowest BCUT2D eigenvalue weighted by Crippen LogP contribution is -2.23. The van der Waals surface area contributed by atoms with Gasteiger partial charge in [0.05, 0.1) is 12.6 Å². The lowest BCUT2D eigenvalue weighted by Gasteiger charge is -2.27. The first kappa shape index (κ1) is 14.8. The highest BCUT2D eigenvalue weighted by Crippen LogP contribution is 2.29. The van der Waals surface area contributed by atoms with Gasteiger partial charge in [-0.25, -0.2) is 4.98 Å². The second-order valence-electron chi connectivity index (χ2n) is 4.88. The second kappa shape index (κ2) is 6.25. The van der Waals surface area contributed by atoms with Gasteiger partial charge in [-0.3, -0.25) is 0 Å². The summed E-state index contributed by atoms with van der Waals surface area (Å²) in [5.41, 5.74) is 2.78. The van der Waals surface area contributed by atoms with Crippen molar-refractivity contribution in [1.82, 2.24) is 4.98 Å². The number of anilines is 1. The van der Waals surface area contributed by atoms with Crippen LogP contribution in [0.1, 0.15) is 29.8 Å². The molecule has 0 aliphatic carbocycles. The van der Waals surface area contributed by atoms with Crippen LogP contribution >= 0.6 is 11.6 Å². The molecule has 1 heterocycles. The van der Waals surface area contributed by atoms with E-state index in [2.05, 4.69) is 16.8 Å². The van der Waals surface area contributed by atoms with E-state index >= 15 is 0 Å². The third-order valence-electron chi connectivity index (χ3n) is 3.65. The van der Waals surface area contributed by atoms with E-state index < -0.39 is 0 Å². The van der Waals surface area contributed by atoms with Gasteiger partial charge in [0.25, 0.3) is 0 Å². The first-order valence-corrected chi connectivity index (χ1v) is 6.97. The Kier molecular flexibility index (Phi) is 4.63. The summed E-state index contributed by atoms with van der Waals surface area (Å²) in [5.74, 6) is 0.868. The Morgan fingerprint density at radius 3 is 2.55 bits per heavy atom. The van der Waals surface area contributed by atoms with Crippen LogP contribution in [-0.4, -0.2) is 17.1 Å². The Morgan fingerprint density at radius 1 is 1.25 bits per heavy atom. The molecule has 1 N–H and O–H groups in total. The summed E-state index contributed by atoms with van der Waals surface area (Å²) in [6.45, 7) is 4.02. The summed E-state index contributed by atoms with van der Waals surface area (Å²) in [4.78, 5) is 6.62. The molecule has 0 bridgehead atoms. The molecule has 0 radical (unpaired) electrons. The summed E-state index contributed by atoms with van der Waals surface area (Å²) in [6.07, 6.45) is 0. The SMILES string of the molecule is Cc1nc(N(C)C(C)c2ccccc2Cl)ccc1CO. The molecule has 1 aromatic carbocycles. The topological polar surface area (TPSA) is 36.4 Å². The number of rotatable bonds is 4. The Hall–Kier alpha value is -1.58. The van der Waals surface area contributed by atoms with E-state index in [-0.39, 0.29) is 12.6 Å². The fourth-order valence-electron chi connectivity index (χ4n) is 2.16. The molecule has 2 rings (SSSR count). The van der Waals surface area contributed by atoms with Crippen molar-refractivity contribution in [2.75, 3.05) is 11.9 Å². The highest BCUT2D eigenvalue weighted by molar-refractivity contribution is 6.31. The summed E-state index contributed by atoms with van der Waals surface area (Å²) in [7, 11) is 1.99. The van der Waals surface area contributed by atoms with Gasteiger partial charge in [-0.15, -0.1) is 0 Å². The van der Waals surface area contributed by atoms with Gasteiger partial charge in [0.15, 0.2) is 0 Å². The van der Waals surface area contributed by atoms with Crippen LogP contribution in [0.3, 0.4) is 0 Å². The molecule has 1 aromatic heterocycles. The summed E-state index contributed by atoms with van der Waals surface area (Å²) in [5, 5.41) is 9.96. The monoisotopic (exact) mass is 290 g/mol. The van der Waals surface area contributed by atoms with E-state index in [1.54, 1.807) is 0 Å². The third kappa shape index (κ3) is 2.94. The normalized spacial score (nSPS) is 12.2. The van der Waals surface area contributed by atoms with E-state index in [1.807, 2.05) is 50.4 Å². The van der Waals surface area contributed by atoms with Gasteiger partial charge >= 0.3 is 0 Å². The van der Waals surface area contributed by atoms with Gasteiger partial charge in [-0.2, -0.15) is 0 Å². The van der Waals surface area contributed by atoms with Crippen molar-refractivity contribution in [2.45, 2.75) is 26.5 Å². The van der Waals surface area contributed by atoms with Crippen LogP contribution in [0, 0.1) is 6.92 Å². The summed E-state index contributed by atoms with van der Waals surface area (Å²) in [6, 6.07) is 11.8. The van der Waals surface area contributed by atoms with Gasteiger partial charge in [-0.05, 0) is 37.1 Å². The van der Waals surface area contributed by atoms with E-state index in [9.17, 15) is 5.11 Å². The molecule has 20 heavy (non-hydrogen) atoms. The van der Waals surface area contributed by atoms with Crippen LogP contribution in [0.5, 0.6) is 0 Å². The lowest BCUT2D eigenvalue weighted by molar-refractivity contribution is 0.280. The number of hydrogen-bond acceptors (Lipinski definition) is 3. The maximum Gasteiger partial charge on any atom is 0.129 e. The Bertz CT molecular complexity index is 601. The van der Waals surface area contributed by atoms with Gasteiger partial charge in [0, 0.05) is 17.8 Å². The molecule has 1 atom stereocenters. The minimum absolute atomic E-state index is 0.0168. The Balaban J connectivity index is 2.29. The standard InChI is InChI=1S/C16H19ClN2O/c1-11-13(10-20)8-9-16(18-11)19(3)12(2)14-6-4-5-7-15(14)17/h4-9,12,20H,10H2,1-3H3. The minimum Gasteiger partial charge on any atom is -0.392 e. The number of benzene rings is 1. The Labute approximate surface area is 124 Å². The molecular weight excluding hydrogens is 272 g/mol. The molecule has 2 aromatic rings. The number of nitrogens with zero attached hydrogens (tertiary/aromatic N) is 2. The van der Waals surface area contributed by atoms with E-state index in [0.29, 0.717) is 0 Å². The summed E-state index contributed by atoms with van der Waals surface area (Å²) < 4.78 is 0. The average molecular weight is 291 g/mol. The van der Waals surface area contributed by atoms with Crippen molar-refractivity contribution in [1.29, 1.82) is 0 Å². The molecule has 0 amide bonds. The zero-order chi connectivity index (χ0) is 14.7. The van der Waals surface area contributed by atoms with Crippen molar-refractivity contribution >= 4 is 17.4 Å². The van der Waals surface area contributed by atoms with Crippen molar-refractivity contribution in [3.8, 4) is 0 Å². The van der Waals surface area contributed by atoms with Crippen LogP contribution < -0.4 is 4.90 Å². The predicted molar refractivity (Wildman–Crippen MR) is 83.2 cm³/mol. The molecule has 4 heteroatoms. The van der Waals surface area contributed by atoms with E-state index in [0.717, 1.165) is 27.7 Å². The number of halogens is 1. The fraction of sp³-hybridized carbons (Fsp3) is 0.312. The first-order chi connectivity index (χ1) is 9.54. The maximum absolute atomic E-state index is 9.20. The zero-order valence-corrected chi connectivity index (χ0v) is 12.7. The van der Waals surface area contributed by atoms with Gasteiger partial charge in [0.2, 0.25) is 0 Å². The van der Waals surface area contributed by atoms with Gasteiger partial charge < -0.3 is 10.0 Å². The molecule has 0 aliphatic rings. The quantitative estimate of drug-likeness (QED) is 0.932. The van der Waals surface area contributed by atoms with E-state index in [1.165, 1.54) is 0 Å². The second-order valence-corrected chi connectivity index (χ2v) is 5.29. The number of aliphatic hydroxyl groups excluding tert-OH is 1. The molecule has 0 saturated heterocycles. The van der Waals surface area contributed by atoms with Crippen LogP contribution in [0.2, 0.25) is 5.02 Å².